The monoisotopic (exact) mass is 734 g/mol. The lowest BCUT2D eigenvalue weighted by molar-refractivity contribution is -0.218. The fourth-order valence-electron chi connectivity index (χ4n) is 6.79. The van der Waals surface area contributed by atoms with Gasteiger partial charge in [0, 0.05) is 29.1 Å². The number of carbonyl (C=O) groups excluding carboxylic acids is 2. The van der Waals surface area contributed by atoms with Crippen molar-refractivity contribution in [1.82, 2.24) is 26.0 Å². The first-order valence-corrected chi connectivity index (χ1v) is 18.1. The molecule has 2 bridgehead atoms. The summed E-state index contributed by atoms with van der Waals surface area (Å²) in [7, 11) is -5.03. The number of hydrogen-bond acceptors (Lipinski definition) is 14. The Labute approximate surface area is 291 Å². The molecule has 6 rings (SSSR count). The maximum atomic E-state index is 13.5. The number of ether oxygens (including phenoxy) is 1. The van der Waals surface area contributed by atoms with Gasteiger partial charge in [0.1, 0.15) is 23.3 Å². The van der Waals surface area contributed by atoms with Crippen LogP contribution in [-0.4, -0.2) is 98.9 Å². The van der Waals surface area contributed by atoms with Crippen LogP contribution < -0.4 is 26.4 Å². The number of carbonyl (C=O) groups is 3. The summed E-state index contributed by atoms with van der Waals surface area (Å²) in [6, 6.07) is 5.13. The minimum Gasteiger partial charge on any atom is -0.485 e. The molecule has 50 heavy (non-hydrogen) atoms. The number of anilines is 1. The van der Waals surface area contributed by atoms with Gasteiger partial charge in [-0.25, -0.2) is 9.78 Å². The number of hydrogen-bond donors (Lipinski definition) is 7. The molecule has 4 unspecified atom stereocenters. The molecule has 8 N–H and O–H groups in total. The topological polar surface area (TPSA) is 268 Å². The lowest BCUT2D eigenvalue weighted by Gasteiger charge is -2.50. The number of piperidine rings is 1. The number of amidine groups is 1. The van der Waals surface area contributed by atoms with Crippen LogP contribution in [-0.2, 0) is 40.3 Å². The molecule has 0 aliphatic carbocycles. The summed E-state index contributed by atoms with van der Waals surface area (Å²) in [6.07, 6.45) is 3.78. The zero-order valence-electron chi connectivity index (χ0n) is 27.3. The normalized spacial score (nSPS) is 26.9. The van der Waals surface area contributed by atoms with Gasteiger partial charge in [-0.15, -0.1) is 15.6 Å². The van der Waals surface area contributed by atoms with Crippen LogP contribution in [0, 0.1) is 5.41 Å². The Balaban J connectivity index is 1.17. The molecule has 3 saturated heterocycles. The number of aryl methyl sites for hydroxylation is 1. The highest BCUT2D eigenvalue weighted by Gasteiger charge is 2.58. The zero-order valence-corrected chi connectivity index (χ0v) is 29.0. The largest absolute Gasteiger partial charge is 0.485 e. The second-order valence-corrected chi connectivity index (χ2v) is 15.4. The first-order chi connectivity index (χ1) is 23.4. The minimum atomic E-state index is -5.03. The average Bonchev–Trinajstić information content (AvgIpc) is 3.64. The number of nitrogens with one attached hydrogen (secondary N) is 4. The van der Waals surface area contributed by atoms with Crippen molar-refractivity contribution in [2.45, 2.75) is 101 Å². The maximum absolute atomic E-state index is 13.5. The number of nitrogen functional groups attached to an aromatic ring is 1. The van der Waals surface area contributed by atoms with Crippen molar-refractivity contribution in [2.24, 2.45) is 5.16 Å². The van der Waals surface area contributed by atoms with Gasteiger partial charge in [0.15, 0.2) is 16.9 Å². The molecule has 1 aromatic carbocycles. The Kier molecular flexibility index (Phi) is 9.27. The van der Waals surface area contributed by atoms with Crippen LogP contribution in [0.1, 0.15) is 69.7 Å². The number of aromatic nitrogens is 1. The second kappa shape index (κ2) is 13.1. The number of benzene rings is 1. The molecule has 0 spiro atoms. The van der Waals surface area contributed by atoms with Crippen LogP contribution in [0.2, 0.25) is 0 Å². The Bertz CT molecular complexity index is 1850. The highest BCUT2D eigenvalue weighted by Crippen LogP contribution is 2.36. The Morgan fingerprint density at radius 3 is 2.54 bits per heavy atom. The van der Waals surface area contributed by atoms with E-state index < -0.39 is 57.2 Å². The van der Waals surface area contributed by atoms with E-state index in [2.05, 4.69) is 30.4 Å². The number of fused-ring (bicyclic) bond motifs is 3. The first-order valence-electron chi connectivity index (χ1n) is 15.9. The number of hydroxylamine groups is 2. The molecule has 20 heteroatoms. The molecule has 4 aliphatic rings. The Hall–Kier alpha value is -4.37. The van der Waals surface area contributed by atoms with Gasteiger partial charge in [0.2, 0.25) is 0 Å². The number of nitrogens with zero attached hydrogens (tertiary/aromatic N) is 3. The third-order valence-electron chi connectivity index (χ3n) is 9.58. The van der Waals surface area contributed by atoms with E-state index in [1.807, 2.05) is 6.07 Å². The van der Waals surface area contributed by atoms with Gasteiger partial charge in [-0.05, 0) is 83.1 Å². The molecule has 5 heterocycles. The van der Waals surface area contributed by atoms with Gasteiger partial charge in [-0.1, -0.05) is 5.16 Å². The number of β-lactam (4-membered cyclic amide) rings is 1. The maximum Gasteiger partial charge on any atom is 0.418 e. The minimum absolute atomic E-state index is 0.0620. The molecular formula is C30H38N8O10S2. The van der Waals surface area contributed by atoms with Crippen LogP contribution in [0.4, 0.5) is 5.13 Å². The molecule has 2 amide bonds. The molecule has 4 aliphatic heterocycles. The number of amides is 2. The first kappa shape index (κ1) is 35.5. The van der Waals surface area contributed by atoms with Crippen LogP contribution >= 0.6 is 11.3 Å². The second-order valence-electron chi connectivity index (χ2n) is 13.5. The van der Waals surface area contributed by atoms with E-state index in [9.17, 15) is 27.9 Å². The molecule has 6 atom stereocenters. The van der Waals surface area contributed by atoms with E-state index >= 15 is 0 Å². The van der Waals surface area contributed by atoms with Crippen molar-refractivity contribution in [3.05, 3.63) is 40.4 Å². The van der Waals surface area contributed by atoms with Crippen LogP contribution in [0.15, 0.2) is 28.7 Å². The summed E-state index contributed by atoms with van der Waals surface area (Å²) in [5.74, 6) is -2.70. The molecule has 0 radical (unpaired) electrons. The number of rotatable bonds is 11. The standard InChI is InChI=1S/C30H38N8O10S2/c1-29(2)23(26(40)38(29)48-50(43,44)45)36-25(39)22(19-13-49-28(32)35-19)37-47-30(3,27(41)42)21-9-5-14-10-15(4-8-20(14)46-21)24(31)34-18-11-16-6-7-17(12-18)33-16/h4,8,10,13,16-18,21,23,33H,5-7,9,11-12H2,1-3H3,(H2,31,34)(H2,32,35)(H,36,39)(H,41,42)(H,43,44,45)/t16-,17+,18?,21?,23?,30?. The summed E-state index contributed by atoms with van der Waals surface area (Å²) in [6.45, 7) is 4.00. The fourth-order valence-corrected chi connectivity index (χ4v) is 7.79. The molecule has 270 valence electrons. The number of nitrogens with two attached hydrogens (primary N) is 1. The summed E-state index contributed by atoms with van der Waals surface area (Å²) >= 11 is 0.969. The van der Waals surface area contributed by atoms with E-state index in [4.69, 9.17) is 25.3 Å². The predicted octanol–water partition coefficient (Wildman–Crippen LogP) is 0.721. The molecule has 18 nitrogen and oxygen atoms in total. The highest BCUT2D eigenvalue weighted by molar-refractivity contribution is 7.80. The number of carboxylic acids is 1. The summed E-state index contributed by atoms with van der Waals surface area (Å²) in [5, 5.41) is 34.1. The number of aliphatic carboxylic acids is 1. The number of carboxylic acid groups (broad SMARTS) is 1. The summed E-state index contributed by atoms with van der Waals surface area (Å²) in [4.78, 5) is 48.4. The van der Waals surface area contributed by atoms with Gasteiger partial charge in [0.05, 0.1) is 5.54 Å². The molecule has 1 aromatic heterocycles. The van der Waals surface area contributed by atoms with Crippen LogP contribution in [0.5, 0.6) is 5.75 Å². The molecule has 3 fully saturated rings. The zero-order chi connectivity index (χ0) is 36.2. The van der Waals surface area contributed by atoms with E-state index in [0.29, 0.717) is 40.7 Å². The van der Waals surface area contributed by atoms with Gasteiger partial charge >= 0.3 is 16.4 Å². The Morgan fingerprint density at radius 2 is 1.94 bits per heavy atom. The lowest BCUT2D eigenvalue weighted by Crippen LogP contribution is -2.76. The van der Waals surface area contributed by atoms with Gasteiger partial charge in [-0.2, -0.15) is 13.5 Å². The quantitative estimate of drug-likeness (QED) is 0.0552. The molecule has 2 aromatic rings. The predicted molar refractivity (Wildman–Crippen MR) is 178 cm³/mol. The summed E-state index contributed by atoms with van der Waals surface area (Å²) in [5.41, 5.74) is 3.11. The summed E-state index contributed by atoms with van der Waals surface area (Å²) < 4.78 is 41.8. The fraction of sp³-hybridized carbons (Fsp3) is 0.533. The third-order valence-corrected chi connectivity index (χ3v) is 10.6. The van der Waals surface area contributed by atoms with Crippen molar-refractivity contribution in [2.75, 3.05) is 5.73 Å². The van der Waals surface area contributed by atoms with E-state index in [1.165, 1.54) is 26.2 Å². The van der Waals surface area contributed by atoms with Crippen molar-refractivity contribution < 1.29 is 46.3 Å². The van der Waals surface area contributed by atoms with Gasteiger partial charge in [-0.3, -0.25) is 19.6 Å². The van der Waals surface area contributed by atoms with Crippen molar-refractivity contribution in [3.8, 4) is 5.75 Å². The van der Waals surface area contributed by atoms with Crippen molar-refractivity contribution in [1.29, 1.82) is 5.41 Å². The SMILES string of the molecule is CC(ON=C(C(=O)NC1C(=O)N(OS(=O)(=O)O)C1(C)C)c1csc(N)n1)(C(=O)O)C1CCc2cc(C(=N)NC3C[C@H]4CC[C@@H](C3)N4)ccc2O1. The smallest absolute Gasteiger partial charge is 0.418 e. The van der Waals surface area contributed by atoms with Gasteiger partial charge in [0.25, 0.3) is 17.4 Å². The van der Waals surface area contributed by atoms with E-state index in [-0.39, 0.29) is 23.3 Å². The van der Waals surface area contributed by atoms with E-state index in [1.54, 1.807) is 12.1 Å². The average molecular weight is 735 g/mol. The van der Waals surface area contributed by atoms with Gasteiger partial charge < -0.3 is 36.4 Å². The molecule has 0 saturated carbocycles. The van der Waals surface area contributed by atoms with E-state index in [0.717, 1.165) is 42.6 Å². The lowest BCUT2D eigenvalue weighted by atomic mass is 9.84. The van der Waals surface area contributed by atoms with Crippen LogP contribution in [0.25, 0.3) is 0 Å². The number of oxime groups is 1. The number of thiazole rings is 1. The van der Waals surface area contributed by atoms with Crippen molar-refractivity contribution in [3.63, 3.8) is 0 Å². The van der Waals surface area contributed by atoms with Crippen LogP contribution in [0.3, 0.4) is 0 Å². The highest BCUT2D eigenvalue weighted by atomic mass is 32.3. The molecular weight excluding hydrogens is 697 g/mol. The Morgan fingerprint density at radius 1 is 1.24 bits per heavy atom. The van der Waals surface area contributed by atoms with Crippen molar-refractivity contribution >= 4 is 56.2 Å². The third kappa shape index (κ3) is 6.97.